The van der Waals surface area contributed by atoms with Crippen LogP contribution in [0.5, 0.6) is 0 Å². The van der Waals surface area contributed by atoms with E-state index in [0.29, 0.717) is 6.04 Å². The van der Waals surface area contributed by atoms with Crippen LogP contribution in [0.1, 0.15) is 64.7 Å². The van der Waals surface area contributed by atoms with Crippen molar-refractivity contribution in [3.8, 4) is 0 Å². The Kier molecular flexibility index (Phi) is 5.15. The molecule has 2 aromatic rings. The molecule has 144 valence electrons. The number of hydrogen-bond donors (Lipinski definition) is 2. The van der Waals surface area contributed by atoms with E-state index in [4.69, 9.17) is 9.72 Å². The maximum absolute atomic E-state index is 5.42. The van der Waals surface area contributed by atoms with Gasteiger partial charge in [-0.3, -0.25) is 5.10 Å². The molecule has 0 atom stereocenters. The molecule has 2 aromatic heterocycles. The number of aromatic nitrogens is 4. The molecule has 0 saturated carbocycles. The van der Waals surface area contributed by atoms with Crippen LogP contribution < -0.4 is 5.32 Å². The Labute approximate surface area is 156 Å². The van der Waals surface area contributed by atoms with Gasteiger partial charge in [-0.05, 0) is 12.8 Å². The lowest BCUT2D eigenvalue weighted by molar-refractivity contribution is 0.0904. The summed E-state index contributed by atoms with van der Waals surface area (Å²) in [5.74, 6) is 2.05. The number of H-pyrrole nitrogens is 1. The summed E-state index contributed by atoms with van der Waals surface area (Å²) in [6, 6.07) is 2.59. The maximum Gasteiger partial charge on any atom is 0.148 e. The van der Waals surface area contributed by atoms with Crippen LogP contribution in [0.4, 0.5) is 5.82 Å². The second-order valence-electron chi connectivity index (χ2n) is 9.18. The number of nitrogens with zero attached hydrogens (tertiary/aromatic N) is 3. The highest BCUT2D eigenvalue weighted by atomic mass is 16.5. The third-order valence-corrected chi connectivity index (χ3v) is 5.10. The lowest BCUT2D eigenvalue weighted by Gasteiger charge is -2.23. The second-order valence-corrected chi connectivity index (χ2v) is 9.18. The molecular weight excluding hydrogens is 326 g/mol. The zero-order valence-corrected chi connectivity index (χ0v) is 17.0. The van der Waals surface area contributed by atoms with Crippen molar-refractivity contribution < 1.29 is 4.74 Å². The summed E-state index contributed by atoms with van der Waals surface area (Å²) in [7, 11) is 2.08. The fourth-order valence-electron chi connectivity index (χ4n) is 3.65. The van der Waals surface area contributed by atoms with Gasteiger partial charge >= 0.3 is 0 Å². The predicted octanol–water partition coefficient (Wildman–Crippen LogP) is 3.55. The molecular formula is C20H33N5O. The summed E-state index contributed by atoms with van der Waals surface area (Å²) in [4.78, 5) is 4.89. The van der Waals surface area contributed by atoms with Crippen LogP contribution in [-0.2, 0) is 29.0 Å². The first-order valence-corrected chi connectivity index (χ1v) is 9.58. The molecule has 2 N–H and O–H groups in total. The number of imidazole rings is 1. The van der Waals surface area contributed by atoms with Gasteiger partial charge in [0.25, 0.3) is 0 Å². The van der Waals surface area contributed by atoms with Crippen molar-refractivity contribution in [2.24, 2.45) is 7.05 Å². The summed E-state index contributed by atoms with van der Waals surface area (Å²) in [6.07, 6.45) is 5.10. The van der Waals surface area contributed by atoms with Crippen LogP contribution in [-0.4, -0.2) is 39.0 Å². The Morgan fingerprint density at radius 2 is 1.92 bits per heavy atom. The summed E-state index contributed by atoms with van der Waals surface area (Å²) in [5, 5.41) is 11.2. The molecule has 0 aliphatic carbocycles. The van der Waals surface area contributed by atoms with Gasteiger partial charge in [-0.2, -0.15) is 5.10 Å². The van der Waals surface area contributed by atoms with Crippen molar-refractivity contribution in [2.75, 3.05) is 18.5 Å². The molecule has 1 aliphatic rings. The molecule has 1 saturated heterocycles. The van der Waals surface area contributed by atoms with Crippen molar-refractivity contribution in [3.63, 3.8) is 0 Å². The Bertz CT molecular complexity index is 732. The molecule has 3 heterocycles. The minimum atomic E-state index is -0.0634. The predicted molar refractivity (Wildman–Crippen MR) is 105 cm³/mol. The van der Waals surface area contributed by atoms with Gasteiger partial charge in [0.15, 0.2) is 0 Å². The van der Waals surface area contributed by atoms with Crippen LogP contribution >= 0.6 is 0 Å². The molecule has 0 unspecified atom stereocenters. The van der Waals surface area contributed by atoms with E-state index in [2.05, 4.69) is 74.0 Å². The molecule has 0 aromatic carbocycles. The van der Waals surface area contributed by atoms with E-state index in [1.165, 1.54) is 0 Å². The molecule has 3 rings (SSSR count). The molecule has 0 bridgehead atoms. The Hall–Kier alpha value is -1.82. The van der Waals surface area contributed by atoms with Gasteiger partial charge in [0, 0.05) is 61.5 Å². The van der Waals surface area contributed by atoms with Crippen molar-refractivity contribution in [3.05, 3.63) is 29.5 Å². The third kappa shape index (κ3) is 4.29. The van der Waals surface area contributed by atoms with Crippen molar-refractivity contribution in [1.82, 2.24) is 19.7 Å². The van der Waals surface area contributed by atoms with Crippen LogP contribution in [0.2, 0.25) is 0 Å². The highest BCUT2D eigenvalue weighted by Gasteiger charge is 2.27. The average molecular weight is 360 g/mol. The zero-order chi connectivity index (χ0) is 18.9. The highest BCUT2D eigenvalue weighted by molar-refractivity contribution is 5.39. The SMILES string of the molecule is Cn1cc(CC(C)(C)c2cc(NC3CCOCC3)n[nH]2)nc1C(C)(C)C. The molecule has 6 nitrogen and oxygen atoms in total. The molecule has 1 fully saturated rings. The van der Waals surface area contributed by atoms with Gasteiger partial charge in [0.2, 0.25) is 0 Å². The van der Waals surface area contributed by atoms with Gasteiger partial charge in [-0.15, -0.1) is 0 Å². The molecule has 6 heteroatoms. The van der Waals surface area contributed by atoms with Crippen LogP contribution in [0, 0.1) is 0 Å². The van der Waals surface area contributed by atoms with E-state index in [9.17, 15) is 0 Å². The van der Waals surface area contributed by atoms with Crippen LogP contribution in [0.25, 0.3) is 0 Å². The minimum absolute atomic E-state index is 0.0476. The number of hydrogen-bond acceptors (Lipinski definition) is 4. The lowest BCUT2D eigenvalue weighted by Crippen LogP contribution is -2.28. The van der Waals surface area contributed by atoms with E-state index in [1.54, 1.807) is 0 Å². The summed E-state index contributed by atoms with van der Waals surface area (Å²) >= 11 is 0. The first-order chi connectivity index (χ1) is 12.1. The smallest absolute Gasteiger partial charge is 0.148 e. The first-order valence-electron chi connectivity index (χ1n) is 9.58. The normalized spacial score (nSPS) is 16.8. The summed E-state index contributed by atoms with van der Waals surface area (Å²) < 4.78 is 7.57. The quantitative estimate of drug-likeness (QED) is 0.857. The lowest BCUT2D eigenvalue weighted by atomic mass is 9.84. The fraction of sp³-hybridized carbons (Fsp3) is 0.700. The van der Waals surface area contributed by atoms with E-state index >= 15 is 0 Å². The van der Waals surface area contributed by atoms with E-state index in [0.717, 1.165) is 55.5 Å². The summed E-state index contributed by atoms with van der Waals surface area (Å²) in [6.45, 7) is 12.7. The number of anilines is 1. The average Bonchev–Trinajstić information content (AvgIpc) is 3.15. The Morgan fingerprint density at radius 3 is 2.54 bits per heavy atom. The number of nitrogens with one attached hydrogen (secondary N) is 2. The number of aromatic amines is 1. The van der Waals surface area contributed by atoms with Crippen molar-refractivity contribution in [2.45, 2.75) is 70.8 Å². The Morgan fingerprint density at radius 1 is 1.23 bits per heavy atom. The topological polar surface area (TPSA) is 67.8 Å². The fourth-order valence-corrected chi connectivity index (χ4v) is 3.65. The Balaban J connectivity index is 1.70. The van der Waals surface area contributed by atoms with Crippen molar-refractivity contribution >= 4 is 5.82 Å². The van der Waals surface area contributed by atoms with Gasteiger partial charge in [0.1, 0.15) is 11.6 Å². The number of rotatable bonds is 5. The van der Waals surface area contributed by atoms with Crippen LogP contribution in [0.15, 0.2) is 12.3 Å². The minimum Gasteiger partial charge on any atom is -0.381 e. The molecule has 0 amide bonds. The molecule has 26 heavy (non-hydrogen) atoms. The van der Waals surface area contributed by atoms with E-state index in [-0.39, 0.29) is 10.8 Å². The second kappa shape index (κ2) is 7.06. The van der Waals surface area contributed by atoms with E-state index in [1.807, 2.05) is 0 Å². The number of aryl methyl sites for hydroxylation is 1. The molecule has 1 aliphatic heterocycles. The number of ether oxygens (including phenoxy) is 1. The zero-order valence-electron chi connectivity index (χ0n) is 17.0. The van der Waals surface area contributed by atoms with Gasteiger partial charge < -0.3 is 14.6 Å². The van der Waals surface area contributed by atoms with Crippen LogP contribution in [0.3, 0.4) is 0 Å². The molecule has 0 spiro atoms. The third-order valence-electron chi connectivity index (χ3n) is 5.10. The van der Waals surface area contributed by atoms with Crippen molar-refractivity contribution in [1.29, 1.82) is 0 Å². The van der Waals surface area contributed by atoms with Gasteiger partial charge in [-0.1, -0.05) is 34.6 Å². The largest absolute Gasteiger partial charge is 0.381 e. The highest BCUT2D eigenvalue weighted by Crippen LogP contribution is 2.29. The standard InChI is InChI=1S/C20H33N5O/c1-19(2,3)18-22-15(13-25(18)6)12-20(4,5)16-11-17(24-23-16)21-14-7-9-26-10-8-14/h11,13-14H,7-10,12H2,1-6H3,(H2,21,23,24). The maximum atomic E-state index is 5.42. The monoisotopic (exact) mass is 359 g/mol. The first kappa shape index (κ1) is 19.0. The van der Waals surface area contributed by atoms with Gasteiger partial charge in [0.05, 0.1) is 5.69 Å². The van der Waals surface area contributed by atoms with Gasteiger partial charge in [-0.25, -0.2) is 4.98 Å². The van der Waals surface area contributed by atoms with E-state index < -0.39 is 0 Å². The summed E-state index contributed by atoms with van der Waals surface area (Å²) in [5.41, 5.74) is 2.24. The molecule has 0 radical (unpaired) electrons.